The molecule has 2 aromatic carbocycles. The molecule has 2 aliphatic heterocycles. The number of carbonyl (C=O) groups excluding carboxylic acids is 1. The van der Waals surface area contributed by atoms with E-state index in [0.29, 0.717) is 19.7 Å². The molecule has 1 saturated heterocycles. The maximum Gasteiger partial charge on any atom is 0.254 e. The number of hydrogen-bond donors (Lipinski definition) is 1. The van der Waals surface area contributed by atoms with Crippen LogP contribution in [0.2, 0.25) is 0 Å². The van der Waals surface area contributed by atoms with Gasteiger partial charge in [-0.05, 0) is 35.2 Å². The van der Waals surface area contributed by atoms with Gasteiger partial charge in [-0.15, -0.1) is 0 Å². The maximum absolute atomic E-state index is 13.4. The van der Waals surface area contributed by atoms with Crippen LogP contribution in [0.3, 0.4) is 0 Å². The molecule has 0 aliphatic carbocycles. The van der Waals surface area contributed by atoms with E-state index in [4.69, 9.17) is 4.74 Å². The molecule has 0 aromatic heterocycles. The zero-order valence-corrected chi connectivity index (χ0v) is 14.9. The summed E-state index contributed by atoms with van der Waals surface area (Å²) in [6.07, 6.45) is -0.128. The Bertz CT molecular complexity index is 812. The van der Waals surface area contributed by atoms with Gasteiger partial charge in [-0.3, -0.25) is 4.79 Å². The number of fused-ring (bicyclic) bond motifs is 1. The summed E-state index contributed by atoms with van der Waals surface area (Å²) in [5.74, 6) is -0.549. The van der Waals surface area contributed by atoms with Crippen molar-refractivity contribution in [3.63, 3.8) is 0 Å². The summed E-state index contributed by atoms with van der Waals surface area (Å²) in [6.45, 7) is 0.750. The highest BCUT2D eigenvalue weighted by molar-refractivity contribution is 5.83. The van der Waals surface area contributed by atoms with Crippen molar-refractivity contribution in [1.29, 1.82) is 0 Å². The monoisotopic (exact) mass is 372 g/mol. The molecule has 3 atom stereocenters. The second kappa shape index (κ2) is 7.74. The second-order valence-electron chi connectivity index (χ2n) is 6.94. The first-order valence-electron chi connectivity index (χ1n) is 9.23. The van der Waals surface area contributed by atoms with Crippen LogP contribution in [0.5, 0.6) is 0 Å². The highest BCUT2D eigenvalue weighted by Gasteiger charge is 2.40. The summed E-state index contributed by atoms with van der Waals surface area (Å²) in [5.41, 5.74) is 3.02. The molecule has 4 nitrogen and oxygen atoms in total. The molecule has 6 heteroatoms. The van der Waals surface area contributed by atoms with E-state index < -0.39 is 18.8 Å². The predicted octanol–water partition coefficient (Wildman–Crippen LogP) is 2.63. The molecule has 4 rings (SSSR count). The zero-order valence-electron chi connectivity index (χ0n) is 14.9. The Balaban J connectivity index is 1.72. The van der Waals surface area contributed by atoms with Gasteiger partial charge >= 0.3 is 0 Å². The molecule has 1 fully saturated rings. The first-order chi connectivity index (χ1) is 13.2. The lowest BCUT2D eigenvalue weighted by Gasteiger charge is -2.41. The second-order valence-corrected chi connectivity index (χ2v) is 6.94. The Labute approximate surface area is 157 Å². The number of nitrogens with zero attached hydrogens (tertiary/aromatic N) is 1. The number of morpholine rings is 1. The van der Waals surface area contributed by atoms with Crippen LogP contribution in [0.15, 0.2) is 48.5 Å². The van der Waals surface area contributed by atoms with Gasteiger partial charge in [0.15, 0.2) is 6.10 Å². The average molecular weight is 372 g/mol. The van der Waals surface area contributed by atoms with Crippen molar-refractivity contribution in [2.24, 2.45) is 0 Å². The van der Waals surface area contributed by atoms with Crippen LogP contribution in [0.1, 0.15) is 22.7 Å². The summed E-state index contributed by atoms with van der Waals surface area (Å²) in [7, 11) is 0. The molecule has 0 unspecified atom stereocenters. The number of nitrogens with one attached hydrogen (secondary N) is 1. The minimum Gasteiger partial charge on any atom is -0.365 e. The topological polar surface area (TPSA) is 41.6 Å². The highest BCUT2D eigenvalue weighted by atomic mass is 19.1. The van der Waals surface area contributed by atoms with Crippen LogP contribution in [-0.2, 0) is 16.0 Å². The Kier molecular flexibility index (Phi) is 5.18. The summed E-state index contributed by atoms with van der Waals surface area (Å²) >= 11 is 0. The number of carbonyl (C=O) groups is 1. The SMILES string of the molecule is O=C([C@@H]1OCCN[C@H]1CF)N1CCc2ccccc2[C@@H]1c1ccc(F)cc1. The fourth-order valence-corrected chi connectivity index (χ4v) is 4.00. The lowest BCUT2D eigenvalue weighted by molar-refractivity contribution is -0.151. The first-order valence-corrected chi connectivity index (χ1v) is 9.23. The molecule has 0 saturated carbocycles. The third-order valence-electron chi connectivity index (χ3n) is 5.33. The third-order valence-corrected chi connectivity index (χ3v) is 5.33. The average Bonchev–Trinajstić information content (AvgIpc) is 2.73. The van der Waals surface area contributed by atoms with Crippen molar-refractivity contribution < 1.29 is 18.3 Å². The van der Waals surface area contributed by atoms with Crippen LogP contribution < -0.4 is 5.32 Å². The summed E-state index contributed by atoms with van der Waals surface area (Å²) in [5, 5.41) is 3.02. The lowest BCUT2D eigenvalue weighted by Crippen LogP contribution is -2.58. The molecule has 2 heterocycles. The molecule has 0 bridgehead atoms. The molecule has 142 valence electrons. The molecular weight excluding hydrogens is 350 g/mol. The van der Waals surface area contributed by atoms with Crippen LogP contribution >= 0.6 is 0 Å². The molecule has 0 radical (unpaired) electrons. The van der Waals surface area contributed by atoms with Crippen LogP contribution in [0.25, 0.3) is 0 Å². The van der Waals surface area contributed by atoms with Crippen molar-refractivity contribution >= 4 is 5.91 Å². The van der Waals surface area contributed by atoms with Gasteiger partial charge in [-0.25, -0.2) is 8.78 Å². The van der Waals surface area contributed by atoms with E-state index >= 15 is 0 Å². The molecule has 1 N–H and O–H groups in total. The molecular formula is C21H22F2N2O2. The van der Waals surface area contributed by atoms with E-state index in [9.17, 15) is 13.6 Å². The van der Waals surface area contributed by atoms with Crippen molar-refractivity contribution in [3.05, 3.63) is 71.0 Å². The van der Waals surface area contributed by atoms with Gasteiger partial charge in [0.25, 0.3) is 5.91 Å². The standard InChI is InChI=1S/C21H22F2N2O2/c22-13-18-20(27-12-10-24-18)21(26)25-11-9-14-3-1-2-4-17(14)19(25)15-5-7-16(23)8-6-15/h1-8,18-20,24H,9-13H2/t18-,19-,20+/m0/s1. The van der Waals surface area contributed by atoms with E-state index in [-0.39, 0.29) is 17.8 Å². The highest BCUT2D eigenvalue weighted by Crippen LogP contribution is 2.36. The zero-order chi connectivity index (χ0) is 18.8. The van der Waals surface area contributed by atoms with E-state index in [1.54, 1.807) is 17.0 Å². The van der Waals surface area contributed by atoms with Crippen molar-refractivity contribution in [2.75, 3.05) is 26.4 Å². The number of hydrogen-bond acceptors (Lipinski definition) is 3. The van der Waals surface area contributed by atoms with Gasteiger partial charge < -0.3 is 15.0 Å². The third kappa shape index (κ3) is 3.47. The van der Waals surface area contributed by atoms with Crippen molar-refractivity contribution in [1.82, 2.24) is 10.2 Å². The van der Waals surface area contributed by atoms with Gasteiger partial charge in [0.05, 0.1) is 18.7 Å². The normalized spacial score (nSPS) is 25.1. The van der Waals surface area contributed by atoms with E-state index in [1.165, 1.54) is 17.7 Å². The Morgan fingerprint density at radius 2 is 1.96 bits per heavy atom. The van der Waals surface area contributed by atoms with Crippen LogP contribution in [0, 0.1) is 5.82 Å². The fourth-order valence-electron chi connectivity index (χ4n) is 4.00. The molecule has 27 heavy (non-hydrogen) atoms. The first kappa shape index (κ1) is 18.1. The van der Waals surface area contributed by atoms with E-state index in [2.05, 4.69) is 11.4 Å². The number of amides is 1. The molecule has 2 aliphatic rings. The Morgan fingerprint density at radius 3 is 2.74 bits per heavy atom. The number of benzene rings is 2. The van der Waals surface area contributed by atoms with Crippen LogP contribution in [0.4, 0.5) is 8.78 Å². The smallest absolute Gasteiger partial charge is 0.254 e. The predicted molar refractivity (Wildman–Crippen MR) is 97.6 cm³/mol. The van der Waals surface area contributed by atoms with E-state index in [1.807, 2.05) is 18.2 Å². The maximum atomic E-state index is 13.4. The van der Waals surface area contributed by atoms with E-state index in [0.717, 1.165) is 17.5 Å². The summed E-state index contributed by atoms with van der Waals surface area (Å²) in [4.78, 5) is 15.0. The van der Waals surface area contributed by atoms with Crippen molar-refractivity contribution in [3.8, 4) is 0 Å². The quantitative estimate of drug-likeness (QED) is 0.901. The number of halogens is 2. The van der Waals surface area contributed by atoms with Crippen molar-refractivity contribution in [2.45, 2.75) is 24.6 Å². The summed E-state index contributed by atoms with van der Waals surface area (Å²) < 4.78 is 32.5. The fraction of sp³-hybridized carbons (Fsp3) is 0.381. The molecule has 2 aromatic rings. The number of alkyl halides is 1. The van der Waals surface area contributed by atoms with Gasteiger partial charge in [0.2, 0.25) is 0 Å². The van der Waals surface area contributed by atoms with Gasteiger partial charge in [-0.1, -0.05) is 36.4 Å². The minimum atomic E-state index is -0.850. The number of ether oxygens (including phenoxy) is 1. The van der Waals surface area contributed by atoms with Crippen LogP contribution in [-0.4, -0.2) is 49.3 Å². The Morgan fingerprint density at radius 1 is 1.19 bits per heavy atom. The van der Waals surface area contributed by atoms with Gasteiger partial charge in [0, 0.05) is 13.1 Å². The lowest BCUT2D eigenvalue weighted by atomic mass is 9.87. The number of rotatable bonds is 3. The summed E-state index contributed by atoms with van der Waals surface area (Å²) in [6, 6.07) is 13.2. The minimum absolute atomic E-state index is 0.228. The molecule has 1 amide bonds. The van der Waals surface area contributed by atoms with Gasteiger partial charge in [0.1, 0.15) is 12.5 Å². The molecule has 0 spiro atoms. The Hall–Kier alpha value is -2.31. The van der Waals surface area contributed by atoms with Gasteiger partial charge in [-0.2, -0.15) is 0 Å². The largest absolute Gasteiger partial charge is 0.365 e.